The van der Waals surface area contributed by atoms with Crippen molar-refractivity contribution in [1.82, 2.24) is 0 Å². The second kappa shape index (κ2) is 3.99. The van der Waals surface area contributed by atoms with Crippen LogP contribution in [0.1, 0.15) is 12.8 Å². The van der Waals surface area contributed by atoms with Gasteiger partial charge < -0.3 is 4.74 Å². The van der Waals surface area contributed by atoms with Crippen LogP contribution in [0.4, 0.5) is 0 Å². The van der Waals surface area contributed by atoms with E-state index >= 15 is 0 Å². The van der Waals surface area contributed by atoms with Crippen LogP contribution < -0.4 is 0 Å². The molecule has 0 bridgehead atoms. The lowest BCUT2D eigenvalue weighted by molar-refractivity contribution is 0.0760. The SMILES string of the molecule is C=C(CCl)C1CCOCC1. The van der Waals surface area contributed by atoms with E-state index < -0.39 is 0 Å². The van der Waals surface area contributed by atoms with Crippen molar-refractivity contribution >= 4 is 11.6 Å². The van der Waals surface area contributed by atoms with Crippen molar-refractivity contribution in [3.05, 3.63) is 12.2 Å². The van der Waals surface area contributed by atoms with Crippen molar-refractivity contribution in [1.29, 1.82) is 0 Å². The number of halogens is 1. The topological polar surface area (TPSA) is 9.23 Å². The average Bonchev–Trinajstić information content (AvgIpc) is 2.05. The van der Waals surface area contributed by atoms with E-state index in [1.165, 1.54) is 5.57 Å². The Morgan fingerprint density at radius 2 is 2.10 bits per heavy atom. The molecule has 0 atom stereocenters. The second-order valence-corrected chi connectivity index (χ2v) is 2.95. The summed E-state index contributed by atoms with van der Waals surface area (Å²) in [6, 6.07) is 0. The Hall–Kier alpha value is -0.0100. The predicted octanol–water partition coefficient (Wildman–Crippen LogP) is 2.21. The molecule has 0 amide bonds. The maximum Gasteiger partial charge on any atom is 0.0471 e. The Kier molecular flexibility index (Phi) is 3.23. The lowest BCUT2D eigenvalue weighted by Crippen LogP contribution is -2.17. The minimum Gasteiger partial charge on any atom is -0.381 e. The van der Waals surface area contributed by atoms with Gasteiger partial charge in [-0.2, -0.15) is 0 Å². The van der Waals surface area contributed by atoms with Crippen LogP contribution in [0.25, 0.3) is 0 Å². The number of alkyl halides is 1. The zero-order chi connectivity index (χ0) is 7.40. The molecule has 0 aromatic carbocycles. The molecule has 10 heavy (non-hydrogen) atoms. The molecule has 0 aromatic heterocycles. The number of hydrogen-bond donors (Lipinski definition) is 0. The first-order chi connectivity index (χ1) is 4.84. The molecule has 1 aliphatic heterocycles. The second-order valence-electron chi connectivity index (χ2n) is 2.68. The summed E-state index contributed by atoms with van der Waals surface area (Å²) in [5.74, 6) is 1.22. The van der Waals surface area contributed by atoms with Gasteiger partial charge in [0.05, 0.1) is 0 Å². The Morgan fingerprint density at radius 3 is 2.60 bits per heavy atom. The van der Waals surface area contributed by atoms with Crippen molar-refractivity contribution in [2.75, 3.05) is 19.1 Å². The smallest absolute Gasteiger partial charge is 0.0471 e. The van der Waals surface area contributed by atoms with Gasteiger partial charge in [0.15, 0.2) is 0 Å². The first-order valence-corrected chi connectivity index (χ1v) is 4.19. The number of hydrogen-bond acceptors (Lipinski definition) is 1. The van der Waals surface area contributed by atoms with Crippen molar-refractivity contribution in [2.24, 2.45) is 5.92 Å². The largest absolute Gasteiger partial charge is 0.381 e. The van der Waals surface area contributed by atoms with Gasteiger partial charge in [-0.15, -0.1) is 11.6 Å². The molecule has 0 saturated carbocycles. The molecule has 1 saturated heterocycles. The van der Waals surface area contributed by atoms with Gasteiger partial charge in [0.1, 0.15) is 0 Å². The molecule has 0 spiro atoms. The maximum absolute atomic E-state index is 5.64. The van der Waals surface area contributed by atoms with E-state index in [2.05, 4.69) is 6.58 Å². The Morgan fingerprint density at radius 1 is 1.50 bits per heavy atom. The molecule has 1 aliphatic rings. The molecule has 58 valence electrons. The molecular formula is C8H13ClO. The highest BCUT2D eigenvalue weighted by Gasteiger charge is 2.15. The van der Waals surface area contributed by atoms with Crippen LogP contribution in [0.5, 0.6) is 0 Å². The number of allylic oxidation sites excluding steroid dienone is 1. The summed E-state index contributed by atoms with van der Waals surface area (Å²) < 4.78 is 5.21. The predicted molar refractivity (Wildman–Crippen MR) is 43.4 cm³/mol. The molecule has 1 fully saturated rings. The lowest BCUT2D eigenvalue weighted by Gasteiger charge is -2.22. The van der Waals surface area contributed by atoms with Crippen LogP contribution in [-0.2, 0) is 4.74 Å². The van der Waals surface area contributed by atoms with E-state index in [0.717, 1.165) is 26.1 Å². The van der Waals surface area contributed by atoms with Crippen LogP contribution in [0, 0.1) is 5.92 Å². The fourth-order valence-corrected chi connectivity index (χ4v) is 1.43. The van der Waals surface area contributed by atoms with Crippen LogP contribution in [-0.4, -0.2) is 19.1 Å². The van der Waals surface area contributed by atoms with Crippen molar-refractivity contribution in [2.45, 2.75) is 12.8 Å². The minimum absolute atomic E-state index is 0.602. The molecule has 0 aliphatic carbocycles. The maximum atomic E-state index is 5.64. The summed E-state index contributed by atoms with van der Waals surface area (Å²) in [6.45, 7) is 5.66. The third kappa shape index (κ3) is 1.99. The monoisotopic (exact) mass is 160 g/mol. The van der Waals surface area contributed by atoms with Crippen LogP contribution in [0.2, 0.25) is 0 Å². The molecular weight excluding hydrogens is 148 g/mol. The zero-order valence-corrected chi connectivity index (χ0v) is 6.86. The molecule has 1 nitrogen and oxygen atoms in total. The van der Waals surface area contributed by atoms with Gasteiger partial charge >= 0.3 is 0 Å². The summed E-state index contributed by atoms with van der Waals surface area (Å²) in [7, 11) is 0. The number of ether oxygens (including phenoxy) is 1. The summed E-state index contributed by atoms with van der Waals surface area (Å²) in [5, 5.41) is 0. The third-order valence-electron chi connectivity index (χ3n) is 1.97. The van der Waals surface area contributed by atoms with E-state index in [1.54, 1.807) is 0 Å². The van der Waals surface area contributed by atoms with E-state index in [-0.39, 0.29) is 0 Å². The van der Waals surface area contributed by atoms with Crippen LogP contribution in [0.15, 0.2) is 12.2 Å². The van der Waals surface area contributed by atoms with E-state index in [9.17, 15) is 0 Å². The van der Waals surface area contributed by atoms with Crippen molar-refractivity contribution in [3.63, 3.8) is 0 Å². The molecule has 0 unspecified atom stereocenters. The summed E-state index contributed by atoms with van der Waals surface area (Å²) >= 11 is 5.64. The first kappa shape index (κ1) is 8.09. The molecule has 0 N–H and O–H groups in total. The highest BCUT2D eigenvalue weighted by Crippen LogP contribution is 2.22. The average molecular weight is 161 g/mol. The van der Waals surface area contributed by atoms with Crippen LogP contribution in [0.3, 0.4) is 0 Å². The highest BCUT2D eigenvalue weighted by atomic mass is 35.5. The van der Waals surface area contributed by atoms with Gasteiger partial charge in [-0.3, -0.25) is 0 Å². The number of rotatable bonds is 2. The summed E-state index contributed by atoms with van der Waals surface area (Å²) in [4.78, 5) is 0. The molecule has 1 rings (SSSR count). The van der Waals surface area contributed by atoms with Crippen molar-refractivity contribution in [3.8, 4) is 0 Å². The molecule has 0 radical (unpaired) electrons. The Labute approximate surface area is 67.0 Å². The van der Waals surface area contributed by atoms with E-state index in [0.29, 0.717) is 11.8 Å². The molecule has 2 heteroatoms. The lowest BCUT2D eigenvalue weighted by atomic mass is 9.94. The van der Waals surface area contributed by atoms with E-state index in [4.69, 9.17) is 16.3 Å². The molecule has 1 heterocycles. The Balaban J connectivity index is 2.31. The quantitative estimate of drug-likeness (QED) is 0.445. The van der Waals surface area contributed by atoms with Crippen LogP contribution >= 0.6 is 11.6 Å². The van der Waals surface area contributed by atoms with Gasteiger partial charge in [-0.1, -0.05) is 12.2 Å². The summed E-state index contributed by atoms with van der Waals surface area (Å²) in [6.07, 6.45) is 2.21. The normalized spacial score (nSPS) is 20.9. The standard InChI is InChI=1S/C8H13ClO/c1-7(6-9)8-2-4-10-5-3-8/h8H,1-6H2. The van der Waals surface area contributed by atoms with Gasteiger partial charge in [0.2, 0.25) is 0 Å². The van der Waals surface area contributed by atoms with Gasteiger partial charge in [-0.05, 0) is 18.8 Å². The minimum atomic E-state index is 0.602. The highest BCUT2D eigenvalue weighted by molar-refractivity contribution is 6.19. The Bertz CT molecular complexity index is 116. The molecule has 0 aromatic rings. The zero-order valence-electron chi connectivity index (χ0n) is 6.11. The van der Waals surface area contributed by atoms with Gasteiger partial charge in [0, 0.05) is 19.1 Å². The first-order valence-electron chi connectivity index (χ1n) is 3.66. The summed E-state index contributed by atoms with van der Waals surface area (Å²) in [5.41, 5.74) is 1.17. The fourth-order valence-electron chi connectivity index (χ4n) is 1.21. The van der Waals surface area contributed by atoms with Gasteiger partial charge in [0.25, 0.3) is 0 Å². The van der Waals surface area contributed by atoms with Crippen molar-refractivity contribution < 1.29 is 4.74 Å². The van der Waals surface area contributed by atoms with Gasteiger partial charge in [-0.25, -0.2) is 0 Å². The fraction of sp³-hybridized carbons (Fsp3) is 0.750. The third-order valence-corrected chi connectivity index (χ3v) is 2.31. The van der Waals surface area contributed by atoms with E-state index in [1.807, 2.05) is 0 Å².